The van der Waals surface area contributed by atoms with Gasteiger partial charge in [0, 0.05) is 0 Å². The maximum Gasteiger partial charge on any atom is 2.00 e. The molecular formula is C12H8CdCl2O6S2. The molecule has 0 aliphatic heterocycles. The summed E-state index contributed by atoms with van der Waals surface area (Å²) in [5, 5.41) is -0.0787. The molecule has 0 radical (unpaired) electrons. The Morgan fingerprint density at radius 2 is 0.913 bits per heavy atom. The van der Waals surface area contributed by atoms with Crippen molar-refractivity contribution in [3.8, 4) is 0 Å². The van der Waals surface area contributed by atoms with Crippen LogP contribution in [0.1, 0.15) is 0 Å². The van der Waals surface area contributed by atoms with Crippen LogP contribution >= 0.6 is 23.2 Å². The van der Waals surface area contributed by atoms with Gasteiger partial charge in [0.1, 0.15) is 20.2 Å². The Labute approximate surface area is 164 Å². The van der Waals surface area contributed by atoms with Gasteiger partial charge in [-0.05, 0) is 24.3 Å². The molecule has 120 valence electrons. The summed E-state index contributed by atoms with van der Waals surface area (Å²) in [5.74, 6) is 0. The molecule has 0 bridgehead atoms. The Morgan fingerprint density at radius 3 is 1.09 bits per heavy atom. The van der Waals surface area contributed by atoms with Gasteiger partial charge in [0.2, 0.25) is 0 Å². The Hall–Kier alpha value is -0.238. The molecule has 2 rings (SSSR count). The molecule has 23 heavy (non-hydrogen) atoms. The molecule has 0 aromatic heterocycles. The third kappa shape index (κ3) is 7.46. The van der Waals surface area contributed by atoms with Crippen LogP contribution in [-0.4, -0.2) is 25.9 Å². The molecule has 0 aliphatic rings. The SMILES string of the molecule is O=S(=O)([O-])c1ccccc1Cl.O=S(=O)([O-])c1ccccc1Cl.[Cd+2]. The average Bonchev–Trinajstić information content (AvgIpc) is 2.37. The Kier molecular flexibility index (Phi) is 9.20. The van der Waals surface area contributed by atoms with E-state index in [-0.39, 0.29) is 47.1 Å². The average molecular weight is 496 g/mol. The van der Waals surface area contributed by atoms with Gasteiger partial charge in [-0.25, -0.2) is 16.8 Å². The Balaban J connectivity index is 0.000000403. The molecule has 0 fully saturated rings. The van der Waals surface area contributed by atoms with Gasteiger partial charge < -0.3 is 9.11 Å². The molecule has 2 aromatic carbocycles. The predicted octanol–water partition coefficient (Wildman–Crippen LogP) is 2.49. The van der Waals surface area contributed by atoms with E-state index < -0.39 is 20.2 Å². The van der Waals surface area contributed by atoms with Gasteiger partial charge >= 0.3 is 27.3 Å². The molecule has 0 aliphatic carbocycles. The van der Waals surface area contributed by atoms with Crippen molar-refractivity contribution in [1.82, 2.24) is 0 Å². The molecular weight excluding hydrogens is 488 g/mol. The zero-order chi connectivity index (χ0) is 17.0. The molecule has 0 amide bonds. The Bertz CT molecular complexity index is 795. The number of rotatable bonds is 2. The molecule has 11 heteroatoms. The molecule has 0 spiro atoms. The second-order valence-electron chi connectivity index (χ2n) is 3.77. The summed E-state index contributed by atoms with van der Waals surface area (Å²) in [7, 11) is -8.83. The normalized spacial score (nSPS) is 11.0. The molecule has 0 atom stereocenters. The van der Waals surface area contributed by atoms with E-state index in [1.54, 1.807) is 12.1 Å². The van der Waals surface area contributed by atoms with E-state index in [9.17, 15) is 25.9 Å². The summed E-state index contributed by atoms with van der Waals surface area (Å²) >= 11 is 10.9. The van der Waals surface area contributed by atoms with E-state index in [2.05, 4.69) is 0 Å². The van der Waals surface area contributed by atoms with Gasteiger partial charge in [-0.15, -0.1) is 0 Å². The van der Waals surface area contributed by atoms with Crippen molar-refractivity contribution in [3.63, 3.8) is 0 Å². The van der Waals surface area contributed by atoms with E-state index in [0.29, 0.717) is 0 Å². The molecule has 0 heterocycles. The predicted molar refractivity (Wildman–Crippen MR) is 78.8 cm³/mol. The van der Waals surface area contributed by atoms with Crippen molar-refractivity contribution in [2.24, 2.45) is 0 Å². The molecule has 0 unspecified atom stereocenters. The molecule has 2 aromatic rings. The summed E-state index contributed by atoms with van der Waals surface area (Å²) in [6, 6.07) is 11.0. The van der Waals surface area contributed by atoms with E-state index in [1.807, 2.05) is 0 Å². The summed E-state index contributed by atoms with van der Waals surface area (Å²) in [6.07, 6.45) is 0. The molecule has 0 saturated carbocycles. The fourth-order valence-corrected chi connectivity index (χ4v) is 3.24. The second kappa shape index (κ2) is 9.30. The maximum atomic E-state index is 10.4. The summed E-state index contributed by atoms with van der Waals surface area (Å²) in [6.45, 7) is 0. The first-order valence-corrected chi connectivity index (χ1v) is 9.01. The number of halogens is 2. The van der Waals surface area contributed by atoms with Gasteiger partial charge in [0.15, 0.2) is 0 Å². The van der Waals surface area contributed by atoms with Crippen LogP contribution < -0.4 is 0 Å². The van der Waals surface area contributed by atoms with Gasteiger partial charge in [0.05, 0.1) is 19.8 Å². The van der Waals surface area contributed by atoms with Crippen LogP contribution in [0.2, 0.25) is 10.0 Å². The summed E-state index contributed by atoms with van der Waals surface area (Å²) in [4.78, 5) is -0.747. The number of hydrogen-bond donors (Lipinski definition) is 0. The molecule has 0 N–H and O–H groups in total. The minimum atomic E-state index is -4.42. The van der Waals surface area contributed by atoms with Crippen LogP contribution in [0.5, 0.6) is 0 Å². The third-order valence-electron chi connectivity index (χ3n) is 2.21. The van der Waals surface area contributed by atoms with Crippen LogP contribution in [0.3, 0.4) is 0 Å². The van der Waals surface area contributed by atoms with Gasteiger partial charge in [-0.1, -0.05) is 47.5 Å². The third-order valence-corrected chi connectivity index (χ3v) is 4.88. The van der Waals surface area contributed by atoms with E-state index in [1.165, 1.54) is 36.4 Å². The van der Waals surface area contributed by atoms with Crippen molar-refractivity contribution in [2.45, 2.75) is 9.79 Å². The Morgan fingerprint density at radius 1 is 0.652 bits per heavy atom. The van der Waals surface area contributed by atoms with Crippen molar-refractivity contribution in [2.75, 3.05) is 0 Å². The zero-order valence-electron chi connectivity index (χ0n) is 11.3. The summed E-state index contributed by atoms with van der Waals surface area (Å²) < 4.78 is 62.5. The topological polar surface area (TPSA) is 114 Å². The first-order chi connectivity index (χ1) is 10.0. The first kappa shape index (κ1) is 22.8. The minimum absolute atomic E-state index is 0. The first-order valence-electron chi connectivity index (χ1n) is 5.44. The van der Waals surface area contributed by atoms with Crippen LogP contribution in [-0.2, 0) is 47.5 Å². The molecule has 0 saturated heterocycles. The van der Waals surface area contributed by atoms with E-state index in [4.69, 9.17) is 23.2 Å². The van der Waals surface area contributed by atoms with Crippen molar-refractivity contribution in [3.05, 3.63) is 58.6 Å². The van der Waals surface area contributed by atoms with Crippen molar-refractivity contribution < 1.29 is 53.2 Å². The van der Waals surface area contributed by atoms with Crippen LogP contribution in [0.15, 0.2) is 58.3 Å². The maximum absolute atomic E-state index is 10.4. The molecule has 6 nitrogen and oxygen atoms in total. The fraction of sp³-hybridized carbons (Fsp3) is 0. The largest absolute Gasteiger partial charge is 2.00 e. The van der Waals surface area contributed by atoms with Gasteiger partial charge in [-0.2, -0.15) is 0 Å². The summed E-state index contributed by atoms with van der Waals surface area (Å²) in [5.41, 5.74) is 0. The number of benzene rings is 2. The smallest absolute Gasteiger partial charge is 0.744 e. The van der Waals surface area contributed by atoms with Crippen LogP contribution in [0.25, 0.3) is 0 Å². The monoisotopic (exact) mass is 496 g/mol. The number of hydrogen-bond acceptors (Lipinski definition) is 6. The van der Waals surface area contributed by atoms with Crippen molar-refractivity contribution >= 4 is 43.4 Å². The zero-order valence-corrected chi connectivity index (χ0v) is 18.5. The van der Waals surface area contributed by atoms with E-state index >= 15 is 0 Å². The van der Waals surface area contributed by atoms with Crippen molar-refractivity contribution in [1.29, 1.82) is 0 Å². The van der Waals surface area contributed by atoms with Crippen LogP contribution in [0, 0.1) is 0 Å². The standard InChI is InChI=1S/2C6H5ClO3S.Cd/c2*7-5-3-1-2-4-6(5)11(8,9)10;/h2*1-4H,(H,8,9,10);/q;;+2/p-2. The van der Waals surface area contributed by atoms with Gasteiger partial charge in [-0.3, -0.25) is 0 Å². The fourth-order valence-electron chi connectivity index (χ4n) is 1.29. The van der Waals surface area contributed by atoms with Gasteiger partial charge in [0.25, 0.3) is 0 Å². The van der Waals surface area contributed by atoms with E-state index in [0.717, 1.165) is 0 Å². The van der Waals surface area contributed by atoms with Crippen LogP contribution in [0.4, 0.5) is 0 Å². The minimum Gasteiger partial charge on any atom is -0.744 e. The second-order valence-corrected chi connectivity index (χ2v) is 7.28. The quantitative estimate of drug-likeness (QED) is 0.467.